The maximum atomic E-state index is 13.3. The fourth-order valence-electron chi connectivity index (χ4n) is 3.33. The second kappa shape index (κ2) is 10.5. The molecule has 3 rings (SSSR count). The zero-order valence-electron chi connectivity index (χ0n) is 18.0. The Kier molecular flexibility index (Phi) is 7.51. The highest BCUT2D eigenvalue weighted by Gasteiger charge is 2.22. The molecule has 3 aromatic carbocycles. The van der Waals surface area contributed by atoms with Crippen LogP contribution < -0.4 is 20.1 Å². The molecule has 0 aliphatic carbocycles. The van der Waals surface area contributed by atoms with E-state index in [1.165, 1.54) is 0 Å². The lowest BCUT2D eigenvalue weighted by Crippen LogP contribution is -2.27. The van der Waals surface area contributed by atoms with Gasteiger partial charge in [-0.3, -0.25) is 4.79 Å². The third-order valence-corrected chi connectivity index (χ3v) is 4.85. The first-order valence-electron chi connectivity index (χ1n) is 10.2. The number of hydrogen-bond donors (Lipinski definition) is 3. The lowest BCUT2D eigenvalue weighted by molar-refractivity contribution is -0.117. The summed E-state index contributed by atoms with van der Waals surface area (Å²) in [6.45, 7) is 4.20. The van der Waals surface area contributed by atoms with Crippen molar-refractivity contribution in [1.29, 1.82) is 0 Å². The molecule has 1 atom stereocenters. The molecule has 0 radical (unpaired) electrons. The predicted octanol–water partition coefficient (Wildman–Crippen LogP) is 4.69. The number of anilines is 2. The highest BCUT2D eigenvalue weighted by Crippen LogP contribution is 2.29. The Morgan fingerprint density at radius 2 is 1.77 bits per heavy atom. The van der Waals surface area contributed by atoms with Crippen LogP contribution in [-0.2, 0) is 11.4 Å². The summed E-state index contributed by atoms with van der Waals surface area (Å²) < 4.78 is 10.9. The number of benzene rings is 3. The fraction of sp³-hybridized carbons (Fsp3) is 0.240. The summed E-state index contributed by atoms with van der Waals surface area (Å²) in [7, 11) is 1.57. The molecule has 6 heteroatoms. The third kappa shape index (κ3) is 5.55. The van der Waals surface area contributed by atoms with Crippen LogP contribution >= 0.6 is 0 Å². The lowest BCUT2D eigenvalue weighted by Gasteiger charge is -2.22. The van der Waals surface area contributed by atoms with Gasteiger partial charge in [-0.25, -0.2) is 0 Å². The van der Waals surface area contributed by atoms with Gasteiger partial charge >= 0.3 is 0 Å². The van der Waals surface area contributed by atoms with Crippen molar-refractivity contribution in [2.75, 3.05) is 24.4 Å². The number of carbonyl (C=O) groups is 1. The fourth-order valence-corrected chi connectivity index (χ4v) is 3.33. The Morgan fingerprint density at radius 1 is 1.03 bits per heavy atom. The Bertz CT molecular complexity index is 1020. The molecule has 0 saturated heterocycles. The molecular formula is C25H28N2O4. The Hall–Kier alpha value is -3.51. The van der Waals surface area contributed by atoms with Gasteiger partial charge in [0.05, 0.1) is 26.0 Å². The molecular weight excluding hydrogens is 392 g/mol. The molecule has 3 aromatic rings. The van der Waals surface area contributed by atoms with Gasteiger partial charge in [0.15, 0.2) is 0 Å². The summed E-state index contributed by atoms with van der Waals surface area (Å²) in [6, 6.07) is 19.9. The first-order chi connectivity index (χ1) is 15.0. The number of hydrogen-bond acceptors (Lipinski definition) is 5. The van der Waals surface area contributed by atoms with Crippen LogP contribution in [0.25, 0.3) is 0 Å². The van der Waals surface area contributed by atoms with E-state index in [1.54, 1.807) is 19.2 Å². The molecule has 0 aromatic heterocycles. The van der Waals surface area contributed by atoms with Crippen molar-refractivity contribution in [2.24, 2.45) is 0 Å². The van der Waals surface area contributed by atoms with Crippen molar-refractivity contribution in [3.8, 4) is 11.5 Å². The first-order valence-corrected chi connectivity index (χ1v) is 10.2. The molecule has 1 unspecified atom stereocenters. The van der Waals surface area contributed by atoms with Crippen molar-refractivity contribution in [3.63, 3.8) is 0 Å². The molecule has 0 fully saturated rings. The number of amides is 1. The molecule has 0 spiro atoms. The van der Waals surface area contributed by atoms with Crippen LogP contribution in [0.3, 0.4) is 0 Å². The minimum Gasteiger partial charge on any atom is -0.495 e. The summed E-state index contributed by atoms with van der Waals surface area (Å²) in [5, 5.41) is 16.0. The average Bonchev–Trinajstić information content (AvgIpc) is 2.79. The molecule has 0 aliphatic rings. The molecule has 0 bridgehead atoms. The van der Waals surface area contributed by atoms with Gasteiger partial charge in [-0.05, 0) is 55.3 Å². The van der Waals surface area contributed by atoms with Crippen LogP contribution in [0.15, 0.2) is 66.7 Å². The van der Waals surface area contributed by atoms with E-state index >= 15 is 0 Å². The largest absolute Gasteiger partial charge is 0.495 e. The van der Waals surface area contributed by atoms with E-state index in [2.05, 4.69) is 10.6 Å². The predicted molar refractivity (Wildman–Crippen MR) is 123 cm³/mol. The van der Waals surface area contributed by atoms with Crippen LogP contribution in [-0.4, -0.2) is 24.7 Å². The molecule has 1 amide bonds. The maximum Gasteiger partial charge on any atom is 0.251 e. The van der Waals surface area contributed by atoms with Gasteiger partial charge in [0.2, 0.25) is 0 Å². The summed E-state index contributed by atoms with van der Waals surface area (Å²) >= 11 is 0. The molecule has 162 valence electrons. The SMILES string of the molecule is CCOc1ccc(NC(C(=O)Nc2cc(C)ccc2OC)c2ccccc2)cc1CO. The number of ether oxygens (including phenoxy) is 2. The standard InChI is InChI=1S/C25H28N2O4/c1-4-31-22-13-11-20(15-19(22)16-28)26-24(18-8-6-5-7-9-18)25(29)27-21-14-17(2)10-12-23(21)30-3/h5-15,24,26,28H,4,16H2,1-3H3,(H,27,29). The smallest absolute Gasteiger partial charge is 0.251 e. The molecule has 6 nitrogen and oxygen atoms in total. The second-order valence-corrected chi connectivity index (χ2v) is 7.09. The zero-order valence-corrected chi connectivity index (χ0v) is 18.0. The summed E-state index contributed by atoms with van der Waals surface area (Å²) in [5.41, 5.74) is 3.79. The summed E-state index contributed by atoms with van der Waals surface area (Å²) in [4.78, 5) is 13.3. The van der Waals surface area contributed by atoms with Crippen molar-refractivity contribution in [2.45, 2.75) is 26.5 Å². The van der Waals surface area contributed by atoms with E-state index in [9.17, 15) is 9.90 Å². The van der Waals surface area contributed by atoms with Gasteiger partial charge < -0.3 is 25.2 Å². The molecule has 0 aliphatic heterocycles. The highest BCUT2D eigenvalue weighted by molar-refractivity contribution is 5.98. The second-order valence-electron chi connectivity index (χ2n) is 7.09. The highest BCUT2D eigenvalue weighted by atomic mass is 16.5. The minimum atomic E-state index is -0.657. The Labute approximate surface area is 182 Å². The molecule has 3 N–H and O–H groups in total. The van der Waals surface area contributed by atoms with Gasteiger partial charge in [0.1, 0.15) is 17.5 Å². The van der Waals surface area contributed by atoms with E-state index in [0.717, 1.165) is 11.1 Å². The Balaban J connectivity index is 1.91. The maximum absolute atomic E-state index is 13.3. The van der Waals surface area contributed by atoms with Gasteiger partial charge in [0.25, 0.3) is 5.91 Å². The summed E-state index contributed by atoms with van der Waals surface area (Å²) in [6.07, 6.45) is 0. The third-order valence-electron chi connectivity index (χ3n) is 4.85. The van der Waals surface area contributed by atoms with Gasteiger partial charge in [-0.1, -0.05) is 36.4 Å². The summed E-state index contributed by atoms with van der Waals surface area (Å²) in [5.74, 6) is 0.990. The zero-order chi connectivity index (χ0) is 22.2. The monoisotopic (exact) mass is 420 g/mol. The van der Waals surface area contributed by atoms with E-state index in [4.69, 9.17) is 9.47 Å². The number of rotatable bonds is 9. The van der Waals surface area contributed by atoms with Crippen LogP contribution in [0.5, 0.6) is 11.5 Å². The van der Waals surface area contributed by atoms with Crippen LogP contribution in [0.1, 0.15) is 29.7 Å². The average molecular weight is 421 g/mol. The van der Waals surface area contributed by atoms with Crippen LogP contribution in [0, 0.1) is 6.92 Å². The van der Waals surface area contributed by atoms with Crippen molar-refractivity contribution >= 4 is 17.3 Å². The number of carbonyl (C=O) groups excluding carboxylic acids is 1. The van der Waals surface area contributed by atoms with Crippen LogP contribution in [0.4, 0.5) is 11.4 Å². The number of methoxy groups -OCH3 is 1. The van der Waals surface area contributed by atoms with Gasteiger partial charge in [-0.15, -0.1) is 0 Å². The van der Waals surface area contributed by atoms with E-state index < -0.39 is 6.04 Å². The lowest BCUT2D eigenvalue weighted by atomic mass is 10.0. The minimum absolute atomic E-state index is 0.159. The number of nitrogens with one attached hydrogen (secondary N) is 2. The van der Waals surface area contributed by atoms with Crippen molar-refractivity contribution < 1.29 is 19.4 Å². The topological polar surface area (TPSA) is 79.8 Å². The molecule has 0 heterocycles. The van der Waals surface area contributed by atoms with E-state index in [1.807, 2.05) is 68.4 Å². The van der Waals surface area contributed by atoms with Crippen LogP contribution in [0.2, 0.25) is 0 Å². The van der Waals surface area contributed by atoms with Gasteiger partial charge in [-0.2, -0.15) is 0 Å². The molecule has 0 saturated carbocycles. The normalized spacial score (nSPS) is 11.5. The number of aliphatic hydroxyl groups excluding tert-OH is 1. The number of aliphatic hydroxyl groups is 1. The number of aryl methyl sites for hydroxylation is 1. The Morgan fingerprint density at radius 3 is 2.45 bits per heavy atom. The van der Waals surface area contributed by atoms with Crippen molar-refractivity contribution in [1.82, 2.24) is 0 Å². The molecule has 31 heavy (non-hydrogen) atoms. The van der Waals surface area contributed by atoms with Gasteiger partial charge in [0, 0.05) is 11.3 Å². The quantitative estimate of drug-likeness (QED) is 0.468. The van der Waals surface area contributed by atoms with E-state index in [0.29, 0.717) is 35.0 Å². The first kappa shape index (κ1) is 22.2. The van der Waals surface area contributed by atoms with E-state index in [-0.39, 0.29) is 12.5 Å². The van der Waals surface area contributed by atoms with Crippen molar-refractivity contribution in [3.05, 3.63) is 83.4 Å².